The van der Waals surface area contributed by atoms with E-state index in [0.29, 0.717) is 16.1 Å². The molecule has 3 aliphatic rings. The van der Waals surface area contributed by atoms with E-state index < -0.39 is 0 Å². The Kier molecular flexibility index (Phi) is 2.92. The van der Waals surface area contributed by atoms with Crippen LogP contribution < -0.4 is 5.32 Å². The zero-order valence-corrected chi connectivity index (χ0v) is 12.5. The zero-order valence-electron chi connectivity index (χ0n) is 10.9. The first-order valence-electron chi connectivity index (χ1n) is 7.26. The van der Waals surface area contributed by atoms with Gasteiger partial charge in [0.05, 0.1) is 0 Å². The lowest BCUT2D eigenvalue weighted by atomic mass is 9.80. The minimum absolute atomic E-state index is 0.392. The van der Waals surface area contributed by atoms with Crippen LogP contribution >= 0.6 is 23.4 Å². The van der Waals surface area contributed by atoms with Gasteiger partial charge in [0.2, 0.25) is 5.28 Å². The number of fused-ring (bicyclic) bond motifs is 1. The van der Waals surface area contributed by atoms with E-state index in [1.807, 2.05) is 11.8 Å². The molecular formula is C14H18ClN3S. The van der Waals surface area contributed by atoms with Gasteiger partial charge in [0.15, 0.2) is 0 Å². The monoisotopic (exact) mass is 295 g/mol. The molecule has 1 N–H and O–H groups in total. The van der Waals surface area contributed by atoms with Gasteiger partial charge in [-0.15, -0.1) is 0 Å². The normalized spacial score (nSPS) is 24.5. The lowest BCUT2D eigenvalue weighted by Gasteiger charge is -2.36. The lowest BCUT2D eigenvalue weighted by Crippen LogP contribution is -2.32. The fourth-order valence-electron chi connectivity index (χ4n) is 3.48. The van der Waals surface area contributed by atoms with Crippen LogP contribution in [0, 0.1) is 0 Å². The Balaban J connectivity index is 1.64. The van der Waals surface area contributed by atoms with E-state index in [-0.39, 0.29) is 0 Å². The third-order valence-electron chi connectivity index (χ3n) is 4.71. The first-order valence-corrected chi connectivity index (χ1v) is 8.46. The average molecular weight is 296 g/mol. The van der Waals surface area contributed by atoms with Gasteiger partial charge in [-0.25, -0.2) is 9.97 Å². The van der Waals surface area contributed by atoms with Gasteiger partial charge >= 0.3 is 0 Å². The van der Waals surface area contributed by atoms with E-state index in [4.69, 9.17) is 11.6 Å². The molecule has 19 heavy (non-hydrogen) atoms. The lowest BCUT2D eigenvalue weighted by molar-refractivity contribution is 0.367. The molecule has 0 atom stereocenters. The minimum Gasteiger partial charge on any atom is -0.367 e. The summed E-state index contributed by atoms with van der Waals surface area (Å²) in [5.41, 5.74) is 1.32. The molecule has 0 bridgehead atoms. The van der Waals surface area contributed by atoms with Gasteiger partial charge < -0.3 is 5.32 Å². The van der Waals surface area contributed by atoms with Crippen molar-refractivity contribution in [2.24, 2.45) is 0 Å². The second-order valence-electron chi connectivity index (χ2n) is 6.07. The van der Waals surface area contributed by atoms with Crippen LogP contribution in [0.5, 0.6) is 0 Å². The van der Waals surface area contributed by atoms with Gasteiger partial charge in [-0.2, -0.15) is 0 Å². The predicted octanol–water partition coefficient (Wildman–Crippen LogP) is 4.06. The maximum atomic E-state index is 6.09. The van der Waals surface area contributed by atoms with Crippen molar-refractivity contribution in [3.8, 4) is 0 Å². The van der Waals surface area contributed by atoms with Crippen LogP contribution in [0.25, 0.3) is 0 Å². The van der Waals surface area contributed by atoms with E-state index in [1.54, 1.807) is 0 Å². The van der Waals surface area contributed by atoms with Crippen molar-refractivity contribution >= 4 is 29.2 Å². The number of nitrogens with zero attached hydrogens (tertiary/aromatic N) is 2. The van der Waals surface area contributed by atoms with Crippen LogP contribution in [0.3, 0.4) is 0 Å². The smallest absolute Gasteiger partial charge is 0.225 e. The molecule has 3 nitrogen and oxygen atoms in total. The number of thioether (sulfide) groups is 1. The summed E-state index contributed by atoms with van der Waals surface area (Å²) in [5, 5.41) is 5.14. The number of rotatable bonds is 2. The molecule has 4 rings (SSSR count). The second-order valence-corrected chi connectivity index (χ2v) is 7.86. The molecule has 2 saturated carbocycles. The molecule has 0 amide bonds. The Bertz CT molecular complexity index is 510. The van der Waals surface area contributed by atoms with E-state index in [9.17, 15) is 0 Å². The molecule has 2 aliphatic carbocycles. The highest BCUT2D eigenvalue weighted by Crippen LogP contribution is 2.56. The molecule has 1 spiro atoms. The highest BCUT2D eigenvalue weighted by atomic mass is 35.5. The maximum absolute atomic E-state index is 6.09. The fourth-order valence-corrected chi connectivity index (χ4v) is 5.24. The van der Waals surface area contributed by atoms with Crippen molar-refractivity contribution in [2.45, 2.75) is 67.2 Å². The van der Waals surface area contributed by atoms with Gasteiger partial charge in [-0.1, -0.05) is 31.0 Å². The molecule has 0 aromatic carbocycles. The SMILES string of the molecule is Clc1nc(NC2CCCC2)c2c(n1)SC1(CCC1)C2. The summed E-state index contributed by atoms with van der Waals surface area (Å²) in [6.07, 6.45) is 10.3. The van der Waals surface area contributed by atoms with E-state index >= 15 is 0 Å². The standard InChI is InChI=1S/C14H18ClN3S/c15-13-17-11(16-9-4-1-2-5-9)10-8-14(6-3-7-14)19-12(10)18-13/h9H,1-8H2,(H,16,17,18). The van der Waals surface area contributed by atoms with Gasteiger partial charge in [0.1, 0.15) is 10.8 Å². The quantitative estimate of drug-likeness (QED) is 0.660. The number of anilines is 1. The summed E-state index contributed by atoms with van der Waals surface area (Å²) in [6.45, 7) is 0. The number of hydrogen-bond acceptors (Lipinski definition) is 4. The summed E-state index contributed by atoms with van der Waals surface area (Å²) in [7, 11) is 0. The summed E-state index contributed by atoms with van der Waals surface area (Å²) < 4.78 is 0.424. The number of hydrogen-bond donors (Lipinski definition) is 1. The van der Waals surface area contributed by atoms with Crippen molar-refractivity contribution in [3.05, 3.63) is 10.8 Å². The molecule has 1 aromatic heterocycles. The topological polar surface area (TPSA) is 37.8 Å². The van der Waals surface area contributed by atoms with Crippen molar-refractivity contribution in [1.29, 1.82) is 0 Å². The molecular weight excluding hydrogens is 278 g/mol. The highest BCUT2D eigenvalue weighted by molar-refractivity contribution is 8.01. The third kappa shape index (κ3) is 2.13. The second kappa shape index (κ2) is 4.52. The van der Waals surface area contributed by atoms with Gasteiger partial charge in [-0.3, -0.25) is 0 Å². The van der Waals surface area contributed by atoms with Crippen LogP contribution in [0.15, 0.2) is 5.03 Å². The summed E-state index contributed by atoms with van der Waals surface area (Å²) in [5.74, 6) is 1.01. The van der Waals surface area contributed by atoms with Crippen LogP contribution in [0.1, 0.15) is 50.5 Å². The molecule has 0 radical (unpaired) electrons. The number of aromatic nitrogens is 2. The van der Waals surface area contributed by atoms with Gasteiger partial charge in [-0.05, 0) is 43.7 Å². The van der Waals surface area contributed by atoms with Crippen LogP contribution in [-0.2, 0) is 6.42 Å². The molecule has 0 unspecified atom stereocenters. The fraction of sp³-hybridized carbons (Fsp3) is 0.714. The van der Waals surface area contributed by atoms with Crippen molar-refractivity contribution in [3.63, 3.8) is 0 Å². The predicted molar refractivity (Wildman–Crippen MR) is 79.1 cm³/mol. The molecule has 102 valence electrons. The maximum Gasteiger partial charge on any atom is 0.225 e. The Morgan fingerprint density at radius 1 is 1.16 bits per heavy atom. The third-order valence-corrected chi connectivity index (χ3v) is 6.40. The van der Waals surface area contributed by atoms with Crippen LogP contribution in [0.4, 0.5) is 5.82 Å². The molecule has 2 heterocycles. The minimum atomic E-state index is 0.392. The van der Waals surface area contributed by atoms with Gasteiger partial charge in [0.25, 0.3) is 0 Å². The Hall–Kier alpha value is -0.480. The number of nitrogens with one attached hydrogen (secondary N) is 1. The van der Waals surface area contributed by atoms with E-state index in [2.05, 4.69) is 15.3 Å². The zero-order chi connectivity index (χ0) is 12.9. The summed E-state index contributed by atoms with van der Waals surface area (Å²) in [4.78, 5) is 8.91. The largest absolute Gasteiger partial charge is 0.367 e. The summed E-state index contributed by atoms with van der Waals surface area (Å²) >= 11 is 8.03. The Morgan fingerprint density at radius 3 is 2.63 bits per heavy atom. The Morgan fingerprint density at radius 2 is 1.95 bits per heavy atom. The van der Waals surface area contributed by atoms with E-state index in [1.165, 1.54) is 50.5 Å². The Labute approximate surface area is 122 Å². The first-order chi connectivity index (χ1) is 9.24. The van der Waals surface area contributed by atoms with Crippen molar-refractivity contribution in [1.82, 2.24) is 9.97 Å². The average Bonchev–Trinajstić information content (AvgIpc) is 2.94. The summed E-state index contributed by atoms with van der Waals surface area (Å²) in [6, 6.07) is 0.581. The molecule has 0 saturated heterocycles. The molecule has 2 fully saturated rings. The van der Waals surface area contributed by atoms with Gasteiger partial charge in [0, 0.05) is 16.4 Å². The van der Waals surface area contributed by atoms with Crippen LogP contribution in [-0.4, -0.2) is 20.8 Å². The molecule has 1 aliphatic heterocycles. The van der Waals surface area contributed by atoms with Crippen molar-refractivity contribution in [2.75, 3.05) is 5.32 Å². The number of halogens is 1. The molecule has 1 aromatic rings. The highest BCUT2D eigenvalue weighted by Gasteiger charge is 2.45. The van der Waals surface area contributed by atoms with Crippen LogP contribution in [0.2, 0.25) is 5.28 Å². The first kappa shape index (κ1) is 12.3. The van der Waals surface area contributed by atoms with E-state index in [0.717, 1.165) is 17.3 Å². The molecule has 5 heteroatoms. The van der Waals surface area contributed by atoms with Crippen molar-refractivity contribution < 1.29 is 0 Å².